The molecule has 0 aliphatic carbocycles. The van der Waals surface area contributed by atoms with Crippen molar-refractivity contribution in [3.05, 3.63) is 36.7 Å². The lowest BCUT2D eigenvalue weighted by molar-refractivity contribution is -0.133. The molecule has 1 aromatic heterocycles. The van der Waals surface area contributed by atoms with Crippen LogP contribution in [0.3, 0.4) is 0 Å². The number of carboxylic acid groups (broad SMARTS) is 1. The Bertz CT molecular complexity index is 624. The summed E-state index contributed by atoms with van der Waals surface area (Å²) in [4.78, 5) is 14.8. The molecule has 0 aliphatic rings. The number of hydrogen-bond donors (Lipinski definition) is 1. The highest BCUT2D eigenvalue weighted by molar-refractivity contribution is 7.99. The summed E-state index contributed by atoms with van der Waals surface area (Å²) >= 11 is 1.09. The molecule has 0 radical (unpaired) electrons. The minimum Gasteiger partial charge on any atom is -0.481 e. The van der Waals surface area contributed by atoms with Crippen molar-refractivity contribution >= 4 is 28.8 Å². The van der Waals surface area contributed by atoms with Gasteiger partial charge in [-0.2, -0.15) is 0 Å². The lowest BCUT2D eigenvalue weighted by atomic mass is 10.3. The molecule has 1 N–H and O–H groups in total. The standard InChI is InChI=1S/C13H13FN2O2S/c1-2-3-7-16-10-6-4-5-9(14)12(10)15-13(16)19-8-11(17)18/h2,4-6H,1,3,7-8H2,(H,17,18). The van der Waals surface area contributed by atoms with Crippen molar-refractivity contribution in [2.45, 2.75) is 18.1 Å². The number of rotatable bonds is 6. The van der Waals surface area contributed by atoms with Gasteiger partial charge in [-0.1, -0.05) is 23.9 Å². The summed E-state index contributed by atoms with van der Waals surface area (Å²) in [6, 6.07) is 4.74. The Morgan fingerprint density at radius 1 is 1.58 bits per heavy atom. The number of nitrogens with zero attached hydrogens (tertiary/aromatic N) is 2. The zero-order valence-corrected chi connectivity index (χ0v) is 11.0. The van der Waals surface area contributed by atoms with E-state index in [0.717, 1.165) is 11.8 Å². The van der Waals surface area contributed by atoms with Gasteiger partial charge >= 0.3 is 5.97 Å². The second kappa shape index (κ2) is 5.88. The average Bonchev–Trinajstić information content (AvgIpc) is 2.73. The van der Waals surface area contributed by atoms with Crippen LogP contribution in [0.2, 0.25) is 0 Å². The van der Waals surface area contributed by atoms with E-state index in [2.05, 4.69) is 11.6 Å². The molecule has 6 heteroatoms. The molecule has 2 rings (SSSR count). The SMILES string of the molecule is C=CCCn1c(SCC(=O)O)nc2c(F)cccc21. The highest BCUT2D eigenvalue weighted by Crippen LogP contribution is 2.26. The lowest BCUT2D eigenvalue weighted by Gasteiger charge is -2.06. The van der Waals surface area contributed by atoms with Crippen LogP contribution in [-0.2, 0) is 11.3 Å². The smallest absolute Gasteiger partial charge is 0.313 e. The first kappa shape index (κ1) is 13.6. The van der Waals surface area contributed by atoms with Crippen LogP contribution >= 0.6 is 11.8 Å². The third-order valence-corrected chi connectivity index (χ3v) is 3.54. The molecule has 0 saturated heterocycles. The molecule has 4 nitrogen and oxygen atoms in total. The Balaban J connectivity index is 2.44. The fourth-order valence-corrected chi connectivity index (χ4v) is 2.52. The molecule has 100 valence electrons. The number of carboxylic acids is 1. The Hall–Kier alpha value is -1.82. The van der Waals surface area contributed by atoms with E-state index in [1.165, 1.54) is 6.07 Å². The van der Waals surface area contributed by atoms with Gasteiger partial charge in [0.1, 0.15) is 5.52 Å². The van der Waals surface area contributed by atoms with Gasteiger partial charge < -0.3 is 9.67 Å². The molecule has 1 heterocycles. The van der Waals surface area contributed by atoms with Gasteiger partial charge in [-0.05, 0) is 18.6 Å². The number of halogens is 1. The van der Waals surface area contributed by atoms with Crippen molar-refractivity contribution in [3.63, 3.8) is 0 Å². The zero-order chi connectivity index (χ0) is 13.8. The number of para-hydroxylation sites is 1. The molecule has 0 unspecified atom stereocenters. The average molecular weight is 280 g/mol. The second-order valence-corrected chi connectivity index (χ2v) is 4.86. The van der Waals surface area contributed by atoms with Crippen LogP contribution in [0.1, 0.15) is 6.42 Å². The quantitative estimate of drug-likeness (QED) is 0.653. The van der Waals surface area contributed by atoms with Gasteiger partial charge in [0.25, 0.3) is 0 Å². The highest BCUT2D eigenvalue weighted by atomic mass is 32.2. The normalized spacial score (nSPS) is 10.8. The van der Waals surface area contributed by atoms with Crippen LogP contribution in [0, 0.1) is 5.82 Å². The second-order valence-electron chi connectivity index (χ2n) is 3.91. The van der Waals surface area contributed by atoms with Crippen LogP contribution < -0.4 is 0 Å². The summed E-state index contributed by atoms with van der Waals surface area (Å²) in [5, 5.41) is 9.24. The topological polar surface area (TPSA) is 55.1 Å². The number of hydrogen-bond acceptors (Lipinski definition) is 3. The number of fused-ring (bicyclic) bond motifs is 1. The summed E-state index contributed by atoms with van der Waals surface area (Å²) in [5.41, 5.74) is 0.953. The molecule has 0 atom stereocenters. The molecule has 0 saturated carbocycles. The summed E-state index contributed by atoms with van der Waals surface area (Å²) < 4.78 is 15.5. The van der Waals surface area contributed by atoms with Crippen molar-refractivity contribution in [1.29, 1.82) is 0 Å². The minimum atomic E-state index is -0.923. The van der Waals surface area contributed by atoms with Crippen LogP contribution in [0.4, 0.5) is 4.39 Å². The number of imidazole rings is 1. The fourth-order valence-electron chi connectivity index (χ4n) is 1.76. The van der Waals surface area contributed by atoms with Crippen LogP contribution in [0.25, 0.3) is 11.0 Å². The monoisotopic (exact) mass is 280 g/mol. The third-order valence-electron chi connectivity index (χ3n) is 2.58. The van der Waals surface area contributed by atoms with Crippen LogP contribution in [0.15, 0.2) is 36.0 Å². The molecule has 0 spiro atoms. The van der Waals surface area contributed by atoms with Crippen LogP contribution in [-0.4, -0.2) is 26.4 Å². The maximum absolute atomic E-state index is 13.7. The number of aromatic nitrogens is 2. The van der Waals surface area contributed by atoms with E-state index in [1.807, 2.05) is 4.57 Å². The van der Waals surface area contributed by atoms with Gasteiger partial charge in [-0.25, -0.2) is 9.37 Å². The number of aryl methyl sites for hydroxylation is 1. The molecular formula is C13H13FN2O2S. The Morgan fingerprint density at radius 2 is 2.37 bits per heavy atom. The Labute approximate surface area is 113 Å². The van der Waals surface area contributed by atoms with Crippen molar-refractivity contribution in [2.75, 3.05) is 5.75 Å². The third kappa shape index (κ3) is 2.96. The largest absolute Gasteiger partial charge is 0.481 e. The highest BCUT2D eigenvalue weighted by Gasteiger charge is 2.14. The van der Waals surface area contributed by atoms with Crippen molar-refractivity contribution < 1.29 is 14.3 Å². The molecule has 0 bridgehead atoms. The van der Waals surface area contributed by atoms with E-state index in [4.69, 9.17) is 5.11 Å². The minimum absolute atomic E-state index is 0.0982. The lowest BCUT2D eigenvalue weighted by Crippen LogP contribution is -2.03. The maximum Gasteiger partial charge on any atom is 0.313 e. The predicted octanol–water partition coefficient (Wildman–Crippen LogP) is 2.93. The van der Waals surface area contributed by atoms with Gasteiger partial charge in [0.15, 0.2) is 11.0 Å². The number of thioether (sulfide) groups is 1. The first-order valence-corrected chi connectivity index (χ1v) is 6.72. The summed E-state index contributed by atoms with van der Waals surface area (Å²) in [7, 11) is 0. The van der Waals surface area contributed by atoms with Gasteiger partial charge in [0.2, 0.25) is 0 Å². The van der Waals surface area contributed by atoms with Crippen molar-refractivity contribution in [1.82, 2.24) is 9.55 Å². The molecule has 1 aromatic carbocycles. The molecular weight excluding hydrogens is 267 g/mol. The summed E-state index contributed by atoms with van der Waals surface area (Å²) in [5.74, 6) is -1.42. The fraction of sp³-hybridized carbons (Fsp3) is 0.231. The molecule has 0 fully saturated rings. The number of carbonyl (C=O) groups is 1. The summed E-state index contributed by atoms with van der Waals surface area (Å²) in [6.45, 7) is 4.26. The van der Waals surface area contributed by atoms with Gasteiger partial charge in [0.05, 0.1) is 11.3 Å². The zero-order valence-electron chi connectivity index (χ0n) is 10.2. The number of benzene rings is 1. The number of aliphatic carboxylic acids is 1. The van der Waals surface area contributed by atoms with Gasteiger partial charge in [-0.3, -0.25) is 4.79 Å². The van der Waals surface area contributed by atoms with Crippen molar-refractivity contribution in [2.24, 2.45) is 0 Å². The predicted molar refractivity (Wildman–Crippen MR) is 72.9 cm³/mol. The van der Waals surface area contributed by atoms with Gasteiger partial charge in [-0.15, -0.1) is 6.58 Å². The van der Waals surface area contributed by atoms with E-state index in [9.17, 15) is 9.18 Å². The molecule has 2 aromatic rings. The molecule has 0 amide bonds. The Morgan fingerprint density at radius 3 is 3.05 bits per heavy atom. The van der Waals surface area contributed by atoms with E-state index in [1.54, 1.807) is 18.2 Å². The molecule has 0 aliphatic heterocycles. The van der Waals surface area contributed by atoms with E-state index >= 15 is 0 Å². The van der Waals surface area contributed by atoms with Crippen LogP contribution in [0.5, 0.6) is 0 Å². The van der Waals surface area contributed by atoms with E-state index in [0.29, 0.717) is 23.6 Å². The first-order valence-electron chi connectivity index (χ1n) is 5.73. The summed E-state index contributed by atoms with van der Waals surface area (Å²) in [6.07, 6.45) is 2.47. The first-order chi connectivity index (χ1) is 9.13. The van der Waals surface area contributed by atoms with Gasteiger partial charge in [0, 0.05) is 6.54 Å². The van der Waals surface area contributed by atoms with Crippen molar-refractivity contribution in [3.8, 4) is 0 Å². The van der Waals surface area contributed by atoms with E-state index in [-0.39, 0.29) is 11.3 Å². The Kier molecular flexibility index (Phi) is 4.21. The maximum atomic E-state index is 13.7. The molecule has 19 heavy (non-hydrogen) atoms. The number of allylic oxidation sites excluding steroid dienone is 1. The van der Waals surface area contributed by atoms with E-state index < -0.39 is 11.8 Å².